The molecule has 0 bridgehead atoms. The summed E-state index contributed by atoms with van der Waals surface area (Å²) in [7, 11) is 4.20. The zero-order valence-corrected chi connectivity index (χ0v) is 48.9. The summed E-state index contributed by atoms with van der Waals surface area (Å²) in [6.45, 7) is 10.2. The van der Waals surface area contributed by atoms with Crippen molar-refractivity contribution in [2.75, 3.05) is 154 Å². The quantitative estimate of drug-likeness (QED) is 0.0138. The van der Waals surface area contributed by atoms with Gasteiger partial charge in [0.1, 0.15) is 37.1 Å². The molecule has 30 nitrogen and oxygen atoms in total. The fraction of sp³-hybridized carbons (Fsp3) is 0.667. The molecule has 0 saturated carbocycles. The van der Waals surface area contributed by atoms with Gasteiger partial charge in [0.25, 0.3) is 15.8 Å². The predicted octanol–water partition coefficient (Wildman–Crippen LogP) is 3.45. The molecule has 0 radical (unpaired) electrons. The van der Waals surface area contributed by atoms with Gasteiger partial charge in [-0.15, -0.1) is 0 Å². The Hall–Kier alpha value is -5.78. The van der Waals surface area contributed by atoms with Gasteiger partial charge >= 0.3 is 30.2 Å². The van der Waals surface area contributed by atoms with E-state index in [9.17, 15) is 42.5 Å². The number of carboxylic acids is 3. The third-order valence-corrected chi connectivity index (χ3v) is 10.9. The smallest absolute Gasteiger partial charge is 0.480 e. The van der Waals surface area contributed by atoms with Crippen LogP contribution in [0.4, 0.5) is 15.3 Å². The minimum absolute atomic E-state index is 0.0000753. The van der Waals surface area contributed by atoms with Crippen molar-refractivity contribution in [2.24, 2.45) is 11.5 Å². The van der Waals surface area contributed by atoms with Crippen molar-refractivity contribution in [2.45, 2.75) is 75.4 Å². The van der Waals surface area contributed by atoms with Crippen LogP contribution in [0.3, 0.4) is 0 Å². The van der Waals surface area contributed by atoms with Gasteiger partial charge in [-0.2, -0.15) is 8.42 Å². The van der Waals surface area contributed by atoms with Gasteiger partial charge in [0.2, 0.25) is 0 Å². The number of hydrogen-bond donors (Lipinski definition) is 6. The Morgan fingerprint density at radius 1 is 0.549 bits per heavy atom. The SMILES string of the molecule is CCC(N)C(=O)O.COCCOCCCC(NC(=O)OCCOCCOC)C(=O)O.COCCOCCCCC(N)C(=O)O.COCCOCCOC(=O)Oc1ccc([N+](=O)[O-])cc1.COCCOCCOS(=O)(=O)c1ccc(C)cc1. The normalized spacial score (nSPS) is 11.7. The van der Waals surface area contributed by atoms with Crippen molar-refractivity contribution in [3.63, 3.8) is 0 Å². The Bertz CT molecular complexity index is 2020. The average molecular weight is 1210 g/mol. The van der Waals surface area contributed by atoms with Crippen LogP contribution in [0.15, 0.2) is 53.4 Å². The molecule has 8 N–H and O–H groups in total. The van der Waals surface area contributed by atoms with Crippen molar-refractivity contribution >= 4 is 46.0 Å². The van der Waals surface area contributed by atoms with Gasteiger partial charge in [-0.3, -0.25) is 23.9 Å². The van der Waals surface area contributed by atoms with Crippen LogP contribution in [0.1, 0.15) is 51.0 Å². The number of non-ortho nitro benzene ring substituents is 1. The highest BCUT2D eigenvalue weighted by molar-refractivity contribution is 7.86. The number of nitrogens with zero attached hydrogens (tertiary/aromatic N) is 1. The van der Waals surface area contributed by atoms with Crippen LogP contribution in [0.25, 0.3) is 0 Å². The Morgan fingerprint density at radius 3 is 1.39 bits per heavy atom. The molecule has 31 heteroatoms. The van der Waals surface area contributed by atoms with E-state index < -0.39 is 63.3 Å². The first kappa shape index (κ1) is 80.4. The Labute approximate surface area is 479 Å². The Kier molecular flexibility index (Phi) is 54.7. The first-order valence-corrected chi connectivity index (χ1v) is 27.1. The Balaban J connectivity index is -0.000000986. The molecular weight excluding hydrogens is 1120 g/mol. The third kappa shape index (κ3) is 51.1. The predicted molar refractivity (Wildman–Crippen MR) is 293 cm³/mol. The summed E-state index contributed by atoms with van der Waals surface area (Å²) in [5.41, 5.74) is 11.2. The van der Waals surface area contributed by atoms with Crippen LogP contribution in [-0.2, 0) is 85.5 Å². The minimum atomic E-state index is -3.68. The molecule has 474 valence electrons. The third-order valence-electron chi connectivity index (χ3n) is 9.59. The van der Waals surface area contributed by atoms with Crippen molar-refractivity contribution in [3.8, 4) is 5.75 Å². The highest BCUT2D eigenvalue weighted by atomic mass is 32.2. The molecule has 1 amide bonds. The lowest BCUT2D eigenvalue weighted by molar-refractivity contribution is -0.384. The maximum Gasteiger partial charge on any atom is 0.513 e. The maximum atomic E-state index is 11.7. The fourth-order valence-electron chi connectivity index (χ4n) is 5.03. The van der Waals surface area contributed by atoms with Crippen LogP contribution in [0.5, 0.6) is 5.75 Å². The van der Waals surface area contributed by atoms with Crippen molar-refractivity contribution in [1.82, 2.24) is 5.32 Å². The minimum Gasteiger partial charge on any atom is -0.480 e. The summed E-state index contributed by atoms with van der Waals surface area (Å²) < 4.78 is 92.4. The summed E-state index contributed by atoms with van der Waals surface area (Å²) in [5.74, 6) is -2.82. The molecule has 0 heterocycles. The van der Waals surface area contributed by atoms with Crippen molar-refractivity contribution in [3.05, 3.63) is 64.2 Å². The second-order valence-electron chi connectivity index (χ2n) is 16.2. The number of nitro groups is 1. The van der Waals surface area contributed by atoms with E-state index in [1.54, 1.807) is 54.6 Å². The zero-order chi connectivity index (χ0) is 62.2. The number of methoxy groups -OCH3 is 5. The van der Waals surface area contributed by atoms with Crippen LogP contribution < -0.4 is 21.5 Å². The van der Waals surface area contributed by atoms with E-state index >= 15 is 0 Å². The monoisotopic (exact) mass is 1200 g/mol. The second-order valence-corrected chi connectivity index (χ2v) is 17.8. The number of aliphatic carboxylic acids is 3. The van der Waals surface area contributed by atoms with Crippen molar-refractivity contribution in [1.29, 1.82) is 0 Å². The van der Waals surface area contributed by atoms with Crippen LogP contribution >= 0.6 is 0 Å². The summed E-state index contributed by atoms with van der Waals surface area (Å²) >= 11 is 0. The lowest BCUT2D eigenvalue weighted by atomic mass is 10.1. The number of nitrogens with two attached hydrogens (primary N) is 2. The number of rotatable bonds is 42. The molecule has 0 aromatic heterocycles. The largest absolute Gasteiger partial charge is 0.513 e. The standard InChI is InChI=1S/C14H27NO8.C12H15NO7.C12H18O5S.C9H19NO4.C4H9NO2/c1-19-6-8-21-5-3-4-12(13(16)17)15-14(18)23-11-10-22-9-7-20-2;1-17-6-7-18-8-9-19-12(14)20-11-4-2-10(3-5-11)13(15)16;1-11-3-5-12(6-4-11)18(13,14)17-10-9-16-8-7-15-2;1-13-6-7-14-5-3-2-4-8(10)9(11)12;1-2-3(5)4(6)7/h12H,3-11H2,1-2H3,(H,15,18)(H,16,17);2-5H,6-9H2,1H3;3-6H,7-10H2,1-2H3;8H,2-7,10H2,1H3,(H,11,12);3H,2,5H2,1H3,(H,6,7). The number of nitrogens with one attached hydrogen (secondary N) is 1. The first-order valence-electron chi connectivity index (χ1n) is 25.7. The van der Waals surface area contributed by atoms with Crippen molar-refractivity contribution < 1.29 is 118 Å². The summed E-state index contributed by atoms with van der Waals surface area (Å²) in [4.78, 5) is 64.0. The highest BCUT2D eigenvalue weighted by Crippen LogP contribution is 2.18. The number of ether oxygens (including phenoxy) is 13. The van der Waals surface area contributed by atoms with Crippen LogP contribution in [0, 0.1) is 17.0 Å². The number of hydrogen-bond acceptors (Lipinski definition) is 25. The topological polar surface area (TPSA) is 417 Å². The van der Waals surface area contributed by atoms with Crippen LogP contribution in [-0.4, -0.2) is 231 Å². The van der Waals surface area contributed by atoms with E-state index in [-0.39, 0.29) is 62.4 Å². The van der Waals surface area contributed by atoms with Gasteiger partial charge in [0.15, 0.2) is 0 Å². The molecule has 82 heavy (non-hydrogen) atoms. The molecule has 2 aromatic carbocycles. The number of aryl methyl sites for hydroxylation is 1. The lowest BCUT2D eigenvalue weighted by Gasteiger charge is -2.14. The number of carbonyl (C=O) groups is 5. The highest BCUT2D eigenvalue weighted by Gasteiger charge is 2.20. The molecule has 0 aliphatic carbocycles. The van der Waals surface area contributed by atoms with Gasteiger partial charge < -0.3 is 93.7 Å². The fourth-order valence-corrected chi connectivity index (χ4v) is 5.93. The average Bonchev–Trinajstić information content (AvgIpc) is 3.49. The molecule has 0 fully saturated rings. The molecular formula is C51H88N4O26S. The second kappa shape index (κ2) is 55.7. The number of alkyl carbamates (subject to hydrolysis) is 1. The van der Waals surface area contributed by atoms with E-state index in [1.807, 2.05) is 6.92 Å². The van der Waals surface area contributed by atoms with Gasteiger partial charge in [-0.25, -0.2) is 14.4 Å². The van der Waals surface area contributed by atoms with E-state index in [0.29, 0.717) is 98.5 Å². The maximum absolute atomic E-state index is 11.7. The molecule has 2 aromatic rings. The molecule has 3 atom stereocenters. The van der Waals surface area contributed by atoms with Gasteiger partial charge in [0, 0.05) is 60.9 Å². The number of unbranched alkanes of at least 4 members (excludes halogenated alkanes) is 1. The van der Waals surface area contributed by atoms with E-state index in [0.717, 1.165) is 18.4 Å². The number of nitro benzene ring substituents is 1. The Morgan fingerprint density at radius 2 is 0.976 bits per heavy atom. The zero-order valence-electron chi connectivity index (χ0n) is 48.1. The van der Waals surface area contributed by atoms with Gasteiger partial charge in [-0.1, -0.05) is 24.6 Å². The number of benzene rings is 2. The first-order chi connectivity index (χ1) is 39.2. The summed E-state index contributed by atoms with van der Waals surface area (Å²) in [6, 6.07) is 9.16. The molecule has 0 aliphatic rings. The lowest BCUT2D eigenvalue weighted by Crippen LogP contribution is -2.41. The number of carboxylic acid groups (broad SMARTS) is 3. The molecule has 0 saturated heterocycles. The summed E-state index contributed by atoms with van der Waals surface area (Å²) in [5, 5.41) is 38.3. The molecule has 0 aliphatic heterocycles. The van der Waals surface area contributed by atoms with Gasteiger partial charge in [-0.05, 0) is 69.7 Å². The van der Waals surface area contributed by atoms with E-state index in [1.165, 1.54) is 36.4 Å². The van der Waals surface area contributed by atoms with Gasteiger partial charge in [0.05, 0.1) is 102 Å². The molecule has 3 unspecified atom stereocenters. The number of amides is 1. The van der Waals surface area contributed by atoms with E-state index in [2.05, 4.69) is 5.32 Å². The summed E-state index contributed by atoms with van der Waals surface area (Å²) in [6.07, 6.45) is 1.69. The molecule has 0 spiro atoms. The number of carbonyl (C=O) groups excluding carboxylic acids is 2. The van der Waals surface area contributed by atoms with Crippen LogP contribution in [0.2, 0.25) is 0 Å². The molecule has 2 rings (SSSR count). The van der Waals surface area contributed by atoms with E-state index in [4.69, 9.17) is 92.5 Å².